The van der Waals surface area contributed by atoms with Crippen molar-refractivity contribution in [2.45, 2.75) is 33.5 Å². The summed E-state index contributed by atoms with van der Waals surface area (Å²) in [6.45, 7) is 7.72. The third-order valence-corrected chi connectivity index (χ3v) is 6.23. The van der Waals surface area contributed by atoms with Crippen molar-refractivity contribution in [1.29, 1.82) is 0 Å². The van der Waals surface area contributed by atoms with Gasteiger partial charge in [-0.25, -0.2) is 9.48 Å². The van der Waals surface area contributed by atoms with Gasteiger partial charge in [-0.2, -0.15) is 0 Å². The average Bonchev–Trinajstić information content (AvgIpc) is 3.38. The van der Waals surface area contributed by atoms with Crippen molar-refractivity contribution < 1.29 is 4.42 Å². The van der Waals surface area contributed by atoms with Gasteiger partial charge in [0.05, 0.1) is 23.3 Å². The molecule has 1 aromatic carbocycles. The molecule has 4 heterocycles. The summed E-state index contributed by atoms with van der Waals surface area (Å²) >= 11 is 0. The van der Waals surface area contributed by atoms with Crippen LogP contribution in [0.25, 0.3) is 16.7 Å². The third-order valence-electron chi connectivity index (χ3n) is 6.23. The molecule has 5 rings (SSSR count). The van der Waals surface area contributed by atoms with Gasteiger partial charge in [0.25, 0.3) is 0 Å². The molecule has 0 radical (unpaired) electrons. The Morgan fingerprint density at radius 3 is 2.14 bits per heavy atom. The van der Waals surface area contributed by atoms with Crippen molar-refractivity contribution in [1.82, 2.24) is 29.9 Å². The van der Waals surface area contributed by atoms with Gasteiger partial charge in [0.15, 0.2) is 5.69 Å². The van der Waals surface area contributed by atoms with E-state index in [-0.39, 0.29) is 0 Å². The molecule has 0 atom stereocenters. The normalized spacial score (nSPS) is 11.3. The summed E-state index contributed by atoms with van der Waals surface area (Å²) in [5.41, 5.74) is 4.06. The highest BCUT2D eigenvalue weighted by atomic mass is 16.4. The smallest absolute Gasteiger partial charge is 0.362 e. The SMILES string of the molecule is CCN(CC)c1ccc2cc(-n3cc(CN(Cc4ccccn4)Cc4ccccn4)nn3)c(=O)oc2c1. The van der Waals surface area contributed by atoms with Gasteiger partial charge < -0.3 is 9.32 Å². The quantitative estimate of drug-likeness (QED) is 0.266. The Bertz CT molecular complexity index is 1470. The lowest BCUT2D eigenvalue weighted by molar-refractivity contribution is 0.238. The van der Waals surface area contributed by atoms with Crippen molar-refractivity contribution in [3.63, 3.8) is 0 Å². The molecule has 5 aromatic rings. The maximum atomic E-state index is 12.9. The monoisotopic (exact) mass is 495 g/mol. The van der Waals surface area contributed by atoms with Crippen LogP contribution in [0, 0.1) is 0 Å². The highest BCUT2D eigenvalue weighted by molar-refractivity contribution is 5.82. The van der Waals surface area contributed by atoms with Crippen LogP contribution in [0.5, 0.6) is 0 Å². The minimum absolute atomic E-state index is 0.322. The second-order valence-corrected chi connectivity index (χ2v) is 8.76. The number of aromatic nitrogens is 5. The predicted octanol–water partition coefficient (Wildman–Crippen LogP) is 4.21. The van der Waals surface area contributed by atoms with Gasteiger partial charge in [0, 0.05) is 62.3 Å². The van der Waals surface area contributed by atoms with Crippen LogP contribution >= 0.6 is 0 Å². The number of pyridine rings is 2. The lowest BCUT2D eigenvalue weighted by Crippen LogP contribution is -2.23. The Hall–Kier alpha value is -4.37. The van der Waals surface area contributed by atoms with Gasteiger partial charge in [-0.1, -0.05) is 17.3 Å². The van der Waals surface area contributed by atoms with Crippen molar-refractivity contribution in [3.8, 4) is 5.69 Å². The molecule has 37 heavy (non-hydrogen) atoms. The summed E-state index contributed by atoms with van der Waals surface area (Å²) in [6.07, 6.45) is 5.34. The van der Waals surface area contributed by atoms with Gasteiger partial charge in [-0.15, -0.1) is 5.10 Å². The van der Waals surface area contributed by atoms with Crippen LogP contribution < -0.4 is 10.5 Å². The second kappa shape index (κ2) is 11.1. The van der Waals surface area contributed by atoms with Crippen LogP contribution in [-0.4, -0.2) is 43.0 Å². The van der Waals surface area contributed by atoms with E-state index in [2.05, 4.69) is 43.9 Å². The zero-order chi connectivity index (χ0) is 25.6. The summed E-state index contributed by atoms with van der Waals surface area (Å²) in [5.74, 6) is 0. The molecule has 0 amide bonds. The Balaban J connectivity index is 1.39. The standard InChI is InChI=1S/C28H29N7O2/c1-3-34(4-2)25-12-11-21-15-26(28(36)37-27(21)16-25)35-20-24(31-32-35)19-33(17-22-9-5-7-13-29-22)18-23-10-6-8-14-30-23/h5-16,20H,3-4,17-19H2,1-2H3. The first kappa shape index (κ1) is 24.3. The number of rotatable bonds is 10. The highest BCUT2D eigenvalue weighted by Crippen LogP contribution is 2.23. The number of nitrogens with zero attached hydrogens (tertiary/aromatic N) is 7. The summed E-state index contributed by atoms with van der Waals surface area (Å²) < 4.78 is 7.16. The van der Waals surface area contributed by atoms with Crippen LogP contribution in [0.3, 0.4) is 0 Å². The van der Waals surface area contributed by atoms with Gasteiger partial charge in [0.2, 0.25) is 0 Å². The minimum Gasteiger partial charge on any atom is -0.421 e. The third kappa shape index (κ3) is 5.73. The number of hydrogen-bond donors (Lipinski definition) is 0. The zero-order valence-corrected chi connectivity index (χ0v) is 21.0. The molecule has 0 bridgehead atoms. The molecular weight excluding hydrogens is 466 g/mol. The minimum atomic E-state index is -0.459. The van der Waals surface area contributed by atoms with Crippen LogP contribution in [0.1, 0.15) is 30.9 Å². The molecule has 0 aliphatic heterocycles. The van der Waals surface area contributed by atoms with Crippen LogP contribution in [0.4, 0.5) is 5.69 Å². The molecular formula is C28H29N7O2. The fraction of sp³-hybridized carbons (Fsp3) is 0.250. The van der Waals surface area contributed by atoms with E-state index in [1.165, 1.54) is 4.68 Å². The van der Waals surface area contributed by atoms with E-state index in [0.717, 1.165) is 41.2 Å². The predicted molar refractivity (Wildman–Crippen MR) is 142 cm³/mol. The number of fused-ring (bicyclic) bond motifs is 1. The number of benzene rings is 1. The number of anilines is 1. The molecule has 0 saturated heterocycles. The zero-order valence-electron chi connectivity index (χ0n) is 21.0. The summed E-state index contributed by atoms with van der Waals surface area (Å²) in [7, 11) is 0. The van der Waals surface area contributed by atoms with Gasteiger partial charge >= 0.3 is 5.63 Å². The van der Waals surface area contributed by atoms with E-state index in [1.807, 2.05) is 54.6 Å². The topological polar surface area (TPSA) is 93.2 Å². The van der Waals surface area contributed by atoms with Crippen molar-refractivity contribution >= 4 is 16.7 Å². The summed E-state index contributed by atoms with van der Waals surface area (Å²) in [6, 6.07) is 19.5. The van der Waals surface area contributed by atoms with Crippen LogP contribution in [-0.2, 0) is 19.6 Å². The lowest BCUT2D eigenvalue weighted by Gasteiger charge is -2.21. The molecule has 0 aliphatic carbocycles. The van der Waals surface area contributed by atoms with Gasteiger partial charge in [0.1, 0.15) is 5.58 Å². The maximum Gasteiger partial charge on any atom is 0.362 e. The Morgan fingerprint density at radius 2 is 1.51 bits per heavy atom. The maximum absolute atomic E-state index is 12.9. The van der Waals surface area contributed by atoms with E-state index in [0.29, 0.717) is 30.9 Å². The van der Waals surface area contributed by atoms with E-state index >= 15 is 0 Å². The highest BCUT2D eigenvalue weighted by Gasteiger charge is 2.15. The molecule has 9 heteroatoms. The van der Waals surface area contributed by atoms with Crippen molar-refractivity contribution in [2.24, 2.45) is 0 Å². The fourth-order valence-corrected chi connectivity index (χ4v) is 4.36. The van der Waals surface area contributed by atoms with Crippen LogP contribution in [0.15, 0.2) is 88.5 Å². The van der Waals surface area contributed by atoms with E-state index < -0.39 is 5.63 Å². The molecule has 0 N–H and O–H groups in total. The van der Waals surface area contributed by atoms with Crippen LogP contribution in [0.2, 0.25) is 0 Å². The van der Waals surface area contributed by atoms with E-state index in [1.54, 1.807) is 24.7 Å². The Morgan fingerprint density at radius 1 is 0.838 bits per heavy atom. The van der Waals surface area contributed by atoms with Crippen molar-refractivity contribution in [2.75, 3.05) is 18.0 Å². The van der Waals surface area contributed by atoms with Crippen molar-refractivity contribution in [3.05, 3.63) is 107 Å². The molecule has 0 unspecified atom stereocenters. The first-order valence-corrected chi connectivity index (χ1v) is 12.4. The molecule has 0 fully saturated rings. The largest absolute Gasteiger partial charge is 0.421 e. The fourth-order valence-electron chi connectivity index (χ4n) is 4.36. The molecule has 0 spiro atoms. The summed E-state index contributed by atoms with van der Waals surface area (Å²) in [4.78, 5) is 26.2. The van der Waals surface area contributed by atoms with E-state index in [4.69, 9.17) is 4.42 Å². The summed E-state index contributed by atoms with van der Waals surface area (Å²) in [5, 5.41) is 9.40. The Kier molecular flexibility index (Phi) is 7.32. The van der Waals surface area contributed by atoms with Gasteiger partial charge in [-0.3, -0.25) is 14.9 Å². The first-order valence-electron chi connectivity index (χ1n) is 12.4. The lowest BCUT2D eigenvalue weighted by atomic mass is 10.2. The molecule has 0 saturated carbocycles. The molecule has 4 aromatic heterocycles. The molecule has 9 nitrogen and oxygen atoms in total. The van der Waals surface area contributed by atoms with Gasteiger partial charge in [-0.05, 0) is 56.3 Å². The molecule has 188 valence electrons. The number of hydrogen-bond acceptors (Lipinski definition) is 8. The Labute approximate surface area is 215 Å². The first-order chi connectivity index (χ1) is 18.1. The van der Waals surface area contributed by atoms with E-state index in [9.17, 15) is 4.79 Å². The molecule has 0 aliphatic rings. The second-order valence-electron chi connectivity index (χ2n) is 8.76. The average molecular weight is 496 g/mol.